The van der Waals surface area contributed by atoms with Gasteiger partial charge in [-0.1, -0.05) is 12.1 Å². The Balaban J connectivity index is 1.65. The number of rotatable bonds is 4. The normalized spacial score (nSPS) is 14.5. The molecule has 3 rings (SSSR count). The highest BCUT2D eigenvalue weighted by atomic mass is 19.1. The number of piperidine rings is 1. The first-order valence-electron chi connectivity index (χ1n) is 8.16. The van der Waals surface area contributed by atoms with Crippen molar-refractivity contribution >= 4 is 17.5 Å². The number of amides is 2. The molecule has 1 heterocycles. The van der Waals surface area contributed by atoms with E-state index in [-0.39, 0.29) is 11.6 Å². The third-order valence-electron chi connectivity index (χ3n) is 4.19. The average molecular weight is 344 g/mol. The minimum absolute atomic E-state index is 0.0746. The van der Waals surface area contributed by atoms with Gasteiger partial charge in [0, 0.05) is 31.1 Å². The second-order valence-electron chi connectivity index (χ2n) is 6.05. The van der Waals surface area contributed by atoms with E-state index in [9.17, 15) is 18.4 Å². The van der Waals surface area contributed by atoms with Crippen molar-refractivity contribution in [2.45, 2.75) is 25.8 Å². The SMILES string of the molecule is O=C(Nc1ccc(F)cc1F)c1ccc(CN2CCCCC2=O)cc1. The van der Waals surface area contributed by atoms with Crippen molar-refractivity contribution < 1.29 is 18.4 Å². The first kappa shape index (κ1) is 17.1. The maximum atomic E-state index is 13.6. The zero-order valence-corrected chi connectivity index (χ0v) is 13.6. The van der Waals surface area contributed by atoms with E-state index < -0.39 is 17.5 Å². The molecule has 2 aromatic carbocycles. The molecular weight excluding hydrogens is 326 g/mol. The summed E-state index contributed by atoms with van der Waals surface area (Å²) in [5, 5.41) is 2.42. The number of carbonyl (C=O) groups is 2. The van der Waals surface area contributed by atoms with Crippen LogP contribution in [0.25, 0.3) is 0 Å². The summed E-state index contributed by atoms with van der Waals surface area (Å²) in [6.07, 6.45) is 2.54. The molecule has 6 heteroatoms. The van der Waals surface area contributed by atoms with Gasteiger partial charge in [-0.25, -0.2) is 8.78 Å². The highest BCUT2D eigenvalue weighted by Crippen LogP contribution is 2.18. The Morgan fingerprint density at radius 3 is 2.52 bits per heavy atom. The van der Waals surface area contributed by atoms with Gasteiger partial charge in [0.05, 0.1) is 5.69 Å². The molecule has 4 nitrogen and oxygen atoms in total. The van der Waals surface area contributed by atoms with Crippen molar-refractivity contribution in [2.75, 3.05) is 11.9 Å². The highest BCUT2D eigenvalue weighted by molar-refractivity contribution is 6.04. The minimum Gasteiger partial charge on any atom is -0.338 e. The molecule has 1 N–H and O–H groups in total. The molecule has 0 radical (unpaired) electrons. The summed E-state index contributed by atoms with van der Waals surface area (Å²) in [4.78, 5) is 25.8. The summed E-state index contributed by atoms with van der Waals surface area (Å²) < 4.78 is 26.5. The predicted molar refractivity (Wildman–Crippen MR) is 90.0 cm³/mol. The maximum absolute atomic E-state index is 13.6. The van der Waals surface area contributed by atoms with Crippen LogP contribution in [0.2, 0.25) is 0 Å². The highest BCUT2D eigenvalue weighted by Gasteiger charge is 2.18. The number of carbonyl (C=O) groups excluding carboxylic acids is 2. The molecule has 130 valence electrons. The fourth-order valence-electron chi connectivity index (χ4n) is 2.80. The Morgan fingerprint density at radius 2 is 1.84 bits per heavy atom. The lowest BCUT2D eigenvalue weighted by atomic mass is 10.1. The van der Waals surface area contributed by atoms with Crippen LogP contribution < -0.4 is 5.32 Å². The Hall–Kier alpha value is -2.76. The predicted octanol–water partition coefficient (Wildman–Crippen LogP) is 3.73. The Morgan fingerprint density at radius 1 is 1.08 bits per heavy atom. The minimum atomic E-state index is -0.825. The fourth-order valence-corrected chi connectivity index (χ4v) is 2.80. The smallest absolute Gasteiger partial charge is 0.255 e. The van der Waals surface area contributed by atoms with Crippen LogP contribution in [0.3, 0.4) is 0 Å². The Labute approximate surface area is 144 Å². The van der Waals surface area contributed by atoms with E-state index in [0.717, 1.165) is 31.0 Å². The van der Waals surface area contributed by atoms with Crippen LogP contribution in [0.15, 0.2) is 42.5 Å². The van der Waals surface area contributed by atoms with Crippen molar-refractivity contribution in [2.24, 2.45) is 0 Å². The van der Waals surface area contributed by atoms with Crippen LogP contribution in [0.5, 0.6) is 0 Å². The Kier molecular flexibility index (Phi) is 5.07. The third kappa shape index (κ3) is 4.21. The van der Waals surface area contributed by atoms with Gasteiger partial charge in [-0.05, 0) is 42.7 Å². The van der Waals surface area contributed by atoms with E-state index in [2.05, 4.69) is 5.32 Å². The second-order valence-corrected chi connectivity index (χ2v) is 6.05. The van der Waals surface area contributed by atoms with Gasteiger partial charge in [-0.15, -0.1) is 0 Å². The summed E-state index contributed by atoms with van der Waals surface area (Å²) in [5.41, 5.74) is 1.21. The molecule has 0 bridgehead atoms. The number of halogens is 2. The third-order valence-corrected chi connectivity index (χ3v) is 4.19. The van der Waals surface area contributed by atoms with E-state index in [4.69, 9.17) is 0 Å². The van der Waals surface area contributed by atoms with Gasteiger partial charge in [0.2, 0.25) is 5.91 Å². The molecule has 1 aliphatic heterocycles. The summed E-state index contributed by atoms with van der Waals surface area (Å²) in [5.74, 6) is -1.85. The van der Waals surface area contributed by atoms with Gasteiger partial charge in [0.25, 0.3) is 5.91 Å². The summed E-state index contributed by atoms with van der Waals surface area (Å²) in [7, 11) is 0. The number of nitrogens with one attached hydrogen (secondary N) is 1. The van der Waals surface area contributed by atoms with Crippen LogP contribution >= 0.6 is 0 Å². The van der Waals surface area contributed by atoms with Gasteiger partial charge in [0.15, 0.2) is 0 Å². The number of anilines is 1. The van der Waals surface area contributed by atoms with Crippen LogP contribution in [0.1, 0.15) is 35.2 Å². The number of benzene rings is 2. The molecule has 0 aromatic heterocycles. The van der Waals surface area contributed by atoms with Crippen molar-refractivity contribution in [3.05, 3.63) is 65.2 Å². The van der Waals surface area contributed by atoms with Crippen LogP contribution in [0.4, 0.5) is 14.5 Å². The van der Waals surface area contributed by atoms with Gasteiger partial charge in [-0.3, -0.25) is 9.59 Å². The zero-order chi connectivity index (χ0) is 17.8. The standard InChI is InChI=1S/C19H18F2N2O2/c20-15-8-9-17(16(21)11-15)22-19(25)14-6-4-13(5-7-14)12-23-10-2-1-3-18(23)24/h4-9,11H,1-3,10,12H2,(H,22,25). The van der Waals surface area contributed by atoms with E-state index in [1.807, 2.05) is 4.90 Å². The Bertz CT molecular complexity index is 791. The zero-order valence-electron chi connectivity index (χ0n) is 13.6. The van der Waals surface area contributed by atoms with Gasteiger partial charge >= 0.3 is 0 Å². The fraction of sp³-hybridized carbons (Fsp3) is 0.263. The van der Waals surface area contributed by atoms with Crippen LogP contribution in [0, 0.1) is 11.6 Å². The van der Waals surface area contributed by atoms with E-state index >= 15 is 0 Å². The van der Waals surface area contributed by atoms with Gasteiger partial charge in [-0.2, -0.15) is 0 Å². The molecule has 1 saturated heterocycles. The van der Waals surface area contributed by atoms with Crippen molar-refractivity contribution in [3.63, 3.8) is 0 Å². The van der Waals surface area contributed by atoms with Crippen molar-refractivity contribution in [1.29, 1.82) is 0 Å². The first-order chi connectivity index (χ1) is 12.0. The summed E-state index contributed by atoms with van der Waals surface area (Å²) in [6.45, 7) is 1.28. The van der Waals surface area contributed by atoms with Gasteiger partial charge in [0.1, 0.15) is 11.6 Å². The molecule has 2 aromatic rings. The lowest BCUT2D eigenvalue weighted by Crippen LogP contribution is -2.34. The van der Waals surface area contributed by atoms with E-state index in [1.54, 1.807) is 24.3 Å². The quantitative estimate of drug-likeness (QED) is 0.919. The number of hydrogen-bond acceptors (Lipinski definition) is 2. The monoisotopic (exact) mass is 344 g/mol. The lowest BCUT2D eigenvalue weighted by molar-refractivity contribution is -0.133. The van der Waals surface area contributed by atoms with Crippen molar-refractivity contribution in [1.82, 2.24) is 4.90 Å². The summed E-state index contributed by atoms with van der Waals surface area (Å²) in [6, 6.07) is 9.78. The molecule has 25 heavy (non-hydrogen) atoms. The number of likely N-dealkylation sites (tertiary alicyclic amines) is 1. The summed E-state index contributed by atoms with van der Waals surface area (Å²) >= 11 is 0. The number of hydrogen-bond donors (Lipinski definition) is 1. The molecule has 0 saturated carbocycles. The number of nitrogens with zero attached hydrogens (tertiary/aromatic N) is 1. The molecule has 1 fully saturated rings. The van der Waals surface area contributed by atoms with Crippen molar-refractivity contribution in [3.8, 4) is 0 Å². The van der Waals surface area contributed by atoms with Crippen LogP contribution in [-0.4, -0.2) is 23.3 Å². The lowest BCUT2D eigenvalue weighted by Gasteiger charge is -2.26. The topological polar surface area (TPSA) is 49.4 Å². The van der Waals surface area contributed by atoms with Gasteiger partial charge < -0.3 is 10.2 Å². The van der Waals surface area contributed by atoms with Crippen LogP contribution in [-0.2, 0) is 11.3 Å². The average Bonchev–Trinajstić information content (AvgIpc) is 2.60. The molecular formula is C19H18F2N2O2. The second kappa shape index (κ2) is 7.42. The van der Waals surface area contributed by atoms with E-state index in [0.29, 0.717) is 24.6 Å². The molecule has 1 aliphatic rings. The largest absolute Gasteiger partial charge is 0.338 e. The first-order valence-corrected chi connectivity index (χ1v) is 8.16. The molecule has 0 spiro atoms. The molecule has 2 amide bonds. The molecule has 0 aliphatic carbocycles. The molecule has 0 unspecified atom stereocenters. The maximum Gasteiger partial charge on any atom is 0.255 e. The van der Waals surface area contributed by atoms with E-state index in [1.165, 1.54) is 6.07 Å². The molecule has 0 atom stereocenters.